The van der Waals surface area contributed by atoms with Gasteiger partial charge in [0.25, 0.3) is 0 Å². The van der Waals surface area contributed by atoms with Crippen LogP contribution in [0.5, 0.6) is 0 Å². The standard InChI is InChI=1S/C18H23F2NO2/c19-15-6-3-4-13(17(15)20)7-8-16(22)21-11-10-18(23)9-2-1-5-14(18)12-21/h3-4,6,14,23H,1-2,5,7-12H2/t14-,18-/m1/s1. The SMILES string of the molecule is O=C(CCc1cccc(F)c1F)N1CC[C@]2(O)CCCC[C@@H]2C1. The number of hydrogen-bond acceptors (Lipinski definition) is 2. The fraction of sp³-hybridized carbons (Fsp3) is 0.611. The van der Waals surface area contributed by atoms with E-state index in [0.717, 1.165) is 31.7 Å². The number of fused-ring (bicyclic) bond motifs is 1. The summed E-state index contributed by atoms with van der Waals surface area (Å²) in [6, 6.07) is 4.05. The van der Waals surface area contributed by atoms with Gasteiger partial charge in [0.15, 0.2) is 11.6 Å². The van der Waals surface area contributed by atoms with Gasteiger partial charge in [-0.3, -0.25) is 4.79 Å². The number of piperidine rings is 1. The Hall–Kier alpha value is -1.49. The lowest BCUT2D eigenvalue weighted by atomic mass is 9.71. The van der Waals surface area contributed by atoms with Crippen molar-refractivity contribution < 1.29 is 18.7 Å². The van der Waals surface area contributed by atoms with Crippen LogP contribution in [0.4, 0.5) is 8.78 Å². The van der Waals surface area contributed by atoms with E-state index in [1.165, 1.54) is 12.1 Å². The minimum absolute atomic E-state index is 0.0405. The molecule has 5 heteroatoms. The molecule has 1 N–H and O–H groups in total. The number of carbonyl (C=O) groups is 1. The van der Waals surface area contributed by atoms with Gasteiger partial charge in [0.2, 0.25) is 5.91 Å². The number of rotatable bonds is 3. The quantitative estimate of drug-likeness (QED) is 0.929. The number of likely N-dealkylation sites (tertiary alicyclic amines) is 1. The average Bonchev–Trinajstić information content (AvgIpc) is 2.55. The number of aryl methyl sites for hydroxylation is 1. The fourth-order valence-corrected chi connectivity index (χ4v) is 3.94. The molecule has 1 heterocycles. The molecule has 0 bridgehead atoms. The second-order valence-corrected chi connectivity index (χ2v) is 6.85. The second kappa shape index (κ2) is 6.56. The minimum atomic E-state index is -0.875. The molecule has 1 amide bonds. The van der Waals surface area contributed by atoms with E-state index in [0.29, 0.717) is 19.5 Å². The predicted octanol–water partition coefficient (Wildman–Crippen LogP) is 3.05. The molecule has 3 rings (SSSR count). The molecule has 1 aromatic carbocycles. The highest BCUT2D eigenvalue weighted by atomic mass is 19.2. The number of nitrogens with zero attached hydrogens (tertiary/aromatic N) is 1. The van der Waals surface area contributed by atoms with Gasteiger partial charge in [-0.25, -0.2) is 8.78 Å². The fourth-order valence-electron chi connectivity index (χ4n) is 3.94. The maximum Gasteiger partial charge on any atom is 0.222 e. The first-order valence-corrected chi connectivity index (χ1v) is 8.43. The highest BCUT2D eigenvalue weighted by Crippen LogP contribution is 2.39. The van der Waals surface area contributed by atoms with Crippen molar-refractivity contribution in [2.24, 2.45) is 5.92 Å². The summed E-state index contributed by atoms with van der Waals surface area (Å²) in [4.78, 5) is 14.2. The van der Waals surface area contributed by atoms with Gasteiger partial charge in [-0.05, 0) is 37.3 Å². The zero-order valence-electron chi connectivity index (χ0n) is 13.2. The van der Waals surface area contributed by atoms with Gasteiger partial charge in [0, 0.05) is 25.4 Å². The van der Waals surface area contributed by atoms with Crippen LogP contribution in [0.2, 0.25) is 0 Å². The summed E-state index contributed by atoms with van der Waals surface area (Å²) in [5.74, 6) is -1.62. The Labute approximate surface area is 135 Å². The Morgan fingerprint density at radius 2 is 2.13 bits per heavy atom. The summed E-state index contributed by atoms with van der Waals surface area (Å²) in [6.45, 7) is 1.14. The zero-order valence-corrected chi connectivity index (χ0v) is 13.2. The molecule has 0 radical (unpaired) electrons. The first-order chi connectivity index (χ1) is 11.0. The maximum absolute atomic E-state index is 13.6. The van der Waals surface area contributed by atoms with Gasteiger partial charge >= 0.3 is 0 Å². The van der Waals surface area contributed by atoms with Gasteiger partial charge in [-0.1, -0.05) is 25.0 Å². The summed E-state index contributed by atoms with van der Waals surface area (Å²) in [5, 5.41) is 10.6. The van der Waals surface area contributed by atoms with E-state index in [1.54, 1.807) is 4.90 Å². The molecule has 0 aromatic heterocycles. The van der Waals surface area contributed by atoms with Crippen LogP contribution in [-0.2, 0) is 11.2 Å². The monoisotopic (exact) mass is 323 g/mol. The van der Waals surface area contributed by atoms with E-state index in [-0.39, 0.29) is 30.2 Å². The molecule has 23 heavy (non-hydrogen) atoms. The molecule has 1 aromatic rings. The van der Waals surface area contributed by atoms with E-state index in [2.05, 4.69) is 0 Å². The summed E-state index contributed by atoms with van der Waals surface area (Å²) in [6.07, 6.45) is 4.94. The zero-order chi connectivity index (χ0) is 16.4. The largest absolute Gasteiger partial charge is 0.389 e. The number of aliphatic hydroxyl groups is 1. The number of amides is 1. The van der Waals surface area contributed by atoms with Gasteiger partial charge in [0.05, 0.1) is 5.60 Å². The van der Waals surface area contributed by atoms with Crippen molar-refractivity contribution in [2.45, 2.75) is 50.5 Å². The van der Waals surface area contributed by atoms with Gasteiger partial charge in [0.1, 0.15) is 0 Å². The van der Waals surface area contributed by atoms with E-state index < -0.39 is 17.2 Å². The third-order valence-electron chi connectivity index (χ3n) is 5.42. The van der Waals surface area contributed by atoms with Gasteiger partial charge in [-0.2, -0.15) is 0 Å². The Morgan fingerprint density at radius 3 is 2.96 bits per heavy atom. The van der Waals surface area contributed by atoms with E-state index in [9.17, 15) is 18.7 Å². The summed E-state index contributed by atoms with van der Waals surface area (Å²) in [5.41, 5.74) is -0.367. The smallest absolute Gasteiger partial charge is 0.222 e. The molecule has 1 saturated carbocycles. The highest BCUT2D eigenvalue weighted by Gasteiger charge is 2.43. The van der Waals surface area contributed by atoms with Crippen molar-refractivity contribution in [3.8, 4) is 0 Å². The van der Waals surface area contributed by atoms with Crippen molar-refractivity contribution in [1.29, 1.82) is 0 Å². The van der Waals surface area contributed by atoms with E-state index in [1.807, 2.05) is 0 Å². The number of carbonyl (C=O) groups excluding carboxylic acids is 1. The van der Waals surface area contributed by atoms with Crippen LogP contribution in [0, 0.1) is 17.6 Å². The van der Waals surface area contributed by atoms with Crippen LogP contribution in [-0.4, -0.2) is 34.6 Å². The Morgan fingerprint density at radius 1 is 1.30 bits per heavy atom. The highest BCUT2D eigenvalue weighted by molar-refractivity contribution is 5.76. The lowest BCUT2D eigenvalue weighted by Crippen LogP contribution is -2.54. The number of halogens is 2. The summed E-state index contributed by atoms with van der Waals surface area (Å²) >= 11 is 0. The molecular weight excluding hydrogens is 300 g/mol. The molecule has 2 aliphatic rings. The molecule has 126 valence electrons. The maximum atomic E-state index is 13.6. The molecule has 2 atom stereocenters. The number of benzene rings is 1. The van der Waals surface area contributed by atoms with Crippen LogP contribution in [0.25, 0.3) is 0 Å². The Balaban J connectivity index is 1.58. The molecule has 1 aliphatic carbocycles. The van der Waals surface area contributed by atoms with Crippen molar-refractivity contribution in [1.82, 2.24) is 4.90 Å². The summed E-state index contributed by atoms with van der Waals surface area (Å²) < 4.78 is 26.8. The third kappa shape index (κ3) is 3.39. The van der Waals surface area contributed by atoms with Crippen LogP contribution >= 0.6 is 0 Å². The van der Waals surface area contributed by atoms with Crippen molar-refractivity contribution in [2.75, 3.05) is 13.1 Å². The second-order valence-electron chi connectivity index (χ2n) is 6.85. The average molecular weight is 323 g/mol. The van der Waals surface area contributed by atoms with Crippen LogP contribution in [0.1, 0.15) is 44.1 Å². The Kier molecular flexibility index (Phi) is 4.67. The molecule has 3 nitrogen and oxygen atoms in total. The van der Waals surface area contributed by atoms with Crippen LogP contribution < -0.4 is 0 Å². The van der Waals surface area contributed by atoms with Crippen molar-refractivity contribution >= 4 is 5.91 Å². The van der Waals surface area contributed by atoms with Crippen LogP contribution in [0.3, 0.4) is 0 Å². The number of hydrogen-bond donors (Lipinski definition) is 1. The molecule has 1 saturated heterocycles. The first-order valence-electron chi connectivity index (χ1n) is 8.43. The topological polar surface area (TPSA) is 40.5 Å². The molecule has 0 unspecified atom stereocenters. The third-order valence-corrected chi connectivity index (χ3v) is 5.42. The van der Waals surface area contributed by atoms with E-state index >= 15 is 0 Å². The summed E-state index contributed by atoms with van der Waals surface area (Å²) in [7, 11) is 0. The van der Waals surface area contributed by atoms with Crippen LogP contribution in [0.15, 0.2) is 18.2 Å². The first kappa shape index (κ1) is 16.4. The van der Waals surface area contributed by atoms with Gasteiger partial charge < -0.3 is 10.0 Å². The molecular formula is C18H23F2NO2. The normalized spacial score (nSPS) is 27.6. The van der Waals surface area contributed by atoms with Gasteiger partial charge in [-0.15, -0.1) is 0 Å². The molecule has 2 fully saturated rings. The van der Waals surface area contributed by atoms with Crippen molar-refractivity contribution in [3.63, 3.8) is 0 Å². The molecule has 0 spiro atoms. The lowest BCUT2D eigenvalue weighted by molar-refractivity contribution is -0.143. The minimum Gasteiger partial charge on any atom is -0.389 e. The Bertz CT molecular complexity index is 592. The van der Waals surface area contributed by atoms with Crippen molar-refractivity contribution in [3.05, 3.63) is 35.4 Å². The molecule has 1 aliphatic heterocycles. The lowest BCUT2D eigenvalue weighted by Gasteiger charge is -2.47. The predicted molar refractivity (Wildman–Crippen MR) is 82.8 cm³/mol. The van der Waals surface area contributed by atoms with E-state index in [4.69, 9.17) is 0 Å².